The van der Waals surface area contributed by atoms with Gasteiger partial charge in [0.15, 0.2) is 11.0 Å². The van der Waals surface area contributed by atoms with Crippen LogP contribution in [0.4, 0.5) is 5.82 Å². The highest BCUT2D eigenvalue weighted by atomic mass is 35.5. The molecule has 0 spiro atoms. The van der Waals surface area contributed by atoms with E-state index in [0.29, 0.717) is 5.15 Å². The third kappa shape index (κ3) is 1.96. The monoisotopic (exact) mass is 212 g/mol. The van der Waals surface area contributed by atoms with Gasteiger partial charge in [0.2, 0.25) is 0 Å². The largest absolute Gasteiger partial charge is 0.353 e. The number of hydrogen-bond acceptors (Lipinski definition) is 4. The van der Waals surface area contributed by atoms with Crippen molar-refractivity contribution < 1.29 is 0 Å². The van der Waals surface area contributed by atoms with Crippen molar-refractivity contribution in [2.24, 2.45) is 5.73 Å². The van der Waals surface area contributed by atoms with E-state index < -0.39 is 0 Å². The average molecular weight is 213 g/mol. The van der Waals surface area contributed by atoms with Crippen LogP contribution >= 0.6 is 11.6 Å². The van der Waals surface area contributed by atoms with E-state index in [1.165, 1.54) is 0 Å². The van der Waals surface area contributed by atoms with E-state index in [1.807, 2.05) is 6.07 Å². The molecule has 1 aromatic rings. The minimum Gasteiger partial charge on any atom is -0.353 e. The van der Waals surface area contributed by atoms with Crippen LogP contribution in [-0.4, -0.2) is 28.8 Å². The second-order valence-corrected chi connectivity index (χ2v) is 4.43. The van der Waals surface area contributed by atoms with Crippen LogP contribution in [0.3, 0.4) is 0 Å². The molecule has 0 radical (unpaired) electrons. The first kappa shape index (κ1) is 9.68. The van der Waals surface area contributed by atoms with E-state index in [9.17, 15) is 0 Å². The van der Waals surface area contributed by atoms with Crippen molar-refractivity contribution in [3.63, 3.8) is 0 Å². The van der Waals surface area contributed by atoms with Gasteiger partial charge < -0.3 is 10.6 Å². The maximum absolute atomic E-state index is 6.02. The zero-order valence-electron chi connectivity index (χ0n) is 8.07. The summed E-state index contributed by atoms with van der Waals surface area (Å²) in [4.78, 5) is 2.13. The lowest BCUT2D eigenvalue weighted by Crippen LogP contribution is -2.39. The number of anilines is 1. The molecule has 0 aliphatic carbocycles. The highest BCUT2D eigenvalue weighted by Gasteiger charge is 2.30. The fourth-order valence-corrected chi connectivity index (χ4v) is 1.76. The standard InChI is InChI=1S/C9H13ClN4/c1-9(11)4-5-14(6-9)8-3-2-7(10)12-13-8/h2-3H,4-6,11H2,1H3. The number of hydrogen-bond donors (Lipinski definition) is 1. The number of halogens is 1. The van der Waals surface area contributed by atoms with Crippen LogP contribution < -0.4 is 10.6 Å². The van der Waals surface area contributed by atoms with Gasteiger partial charge in [-0.15, -0.1) is 10.2 Å². The van der Waals surface area contributed by atoms with Crippen molar-refractivity contribution in [2.75, 3.05) is 18.0 Å². The topological polar surface area (TPSA) is 55.0 Å². The summed E-state index contributed by atoms with van der Waals surface area (Å²) < 4.78 is 0. The van der Waals surface area contributed by atoms with Crippen LogP contribution in [-0.2, 0) is 0 Å². The lowest BCUT2D eigenvalue weighted by molar-refractivity contribution is 0.524. The van der Waals surface area contributed by atoms with E-state index in [2.05, 4.69) is 22.0 Å². The van der Waals surface area contributed by atoms with Gasteiger partial charge in [0.25, 0.3) is 0 Å². The molecule has 1 aliphatic heterocycles. The minimum atomic E-state index is -0.110. The first-order valence-corrected chi connectivity index (χ1v) is 4.98. The minimum absolute atomic E-state index is 0.110. The second-order valence-electron chi connectivity index (χ2n) is 4.04. The molecule has 1 atom stereocenters. The molecule has 4 nitrogen and oxygen atoms in total. The van der Waals surface area contributed by atoms with Crippen molar-refractivity contribution in [1.29, 1.82) is 0 Å². The van der Waals surface area contributed by atoms with Crippen LogP contribution in [0.1, 0.15) is 13.3 Å². The van der Waals surface area contributed by atoms with E-state index in [4.69, 9.17) is 17.3 Å². The van der Waals surface area contributed by atoms with Gasteiger partial charge in [-0.1, -0.05) is 11.6 Å². The molecule has 5 heteroatoms. The maximum Gasteiger partial charge on any atom is 0.151 e. The molecule has 0 saturated carbocycles. The molecular weight excluding hydrogens is 200 g/mol. The molecule has 1 saturated heterocycles. The predicted octanol–water partition coefficient (Wildman–Crippen LogP) is 1.06. The van der Waals surface area contributed by atoms with Crippen molar-refractivity contribution in [2.45, 2.75) is 18.9 Å². The Bertz CT molecular complexity index is 322. The fraction of sp³-hybridized carbons (Fsp3) is 0.556. The molecule has 0 amide bonds. The van der Waals surface area contributed by atoms with E-state index in [-0.39, 0.29) is 5.54 Å². The van der Waals surface area contributed by atoms with Crippen molar-refractivity contribution in [3.05, 3.63) is 17.3 Å². The lowest BCUT2D eigenvalue weighted by atomic mass is 10.0. The zero-order chi connectivity index (χ0) is 10.2. The predicted molar refractivity (Wildman–Crippen MR) is 56.5 cm³/mol. The zero-order valence-corrected chi connectivity index (χ0v) is 8.83. The van der Waals surface area contributed by atoms with Gasteiger partial charge >= 0.3 is 0 Å². The summed E-state index contributed by atoms with van der Waals surface area (Å²) >= 11 is 5.66. The molecule has 1 aromatic heterocycles. The summed E-state index contributed by atoms with van der Waals surface area (Å²) in [5.74, 6) is 0.851. The van der Waals surface area contributed by atoms with E-state index in [1.54, 1.807) is 6.07 Å². The van der Waals surface area contributed by atoms with Gasteiger partial charge in [-0.2, -0.15) is 0 Å². The molecule has 0 bridgehead atoms. The third-order valence-electron chi connectivity index (χ3n) is 2.45. The van der Waals surface area contributed by atoms with Crippen molar-refractivity contribution in [1.82, 2.24) is 10.2 Å². The summed E-state index contributed by atoms with van der Waals surface area (Å²) in [6, 6.07) is 3.62. The van der Waals surface area contributed by atoms with Crippen LogP contribution in [0.15, 0.2) is 12.1 Å². The Hall–Kier alpha value is -0.870. The Labute approximate surface area is 88.1 Å². The van der Waals surface area contributed by atoms with Crippen LogP contribution in [0.2, 0.25) is 5.15 Å². The lowest BCUT2D eigenvalue weighted by Gasteiger charge is -2.19. The summed E-state index contributed by atoms with van der Waals surface area (Å²) in [6.45, 7) is 3.81. The van der Waals surface area contributed by atoms with E-state index >= 15 is 0 Å². The summed E-state index contributed by atoms with van der Waals surface area (Å²) in [5.41, 5.74) is 5.91. The Balaban J connectivity index is 2.14. The normalized spacial score (nSPS) is 26.9. The molecule has 76 valence electrons. The smallest absolute Gasteiger partial charge is 0.151 e. The highest BCUT2D eigenvalue weighted by molar-refractivity contribution is 6.29. The first-order valence-electron chi connectivity index (χ1n) is 4.60. The van der Waals surface area contributed by atoms with E-state index in [0.717, 1.165) is 25.3 Å². The van der Waals surface area contributed by atoms with Crippen molar-refractivity contribution >= 4 is 17.4 Å². The Kier molecular flexibility index (Phi) is 2.33. The third-order valence-corrected chi connectivity index (χ3v) is 2.65. The number of nitrogens with two attached hydrogens (primary N) is 1. The van der Waals surface area contributed by atoms with Gasteiger partial charge in [0.05, 0.1) is 0 Å². The second kappa shape index (κ2) is 3.37. The number of aromatic nitrogens is 2. The van der Waals surface area contributed by atoms with Crippen LogP contribution in [0.5, 0.6) is 0 Å². The molecule has 0 aromatic carbocycles. The Morgan fingerprint density at radius 1 is 1.50 bits per heavy atom. The first-order chi connectivity index (χ1) is 6.57. The molecule has 1 unspecified atom stereocenters. The Morgan fingerprint density at radius 3 is 2.79 bits per heavy atom. The molecule has 2 heterocycles. The molecule has 1 aliphatic rings. The Morgan fingerprint density at radius 2 is 2.29 bits per heavy atom. The summed E-state index contributed by atoms with van der Waals surface area (Å²) in [6.07, 6.45) is 0.983. The SMILES string of the molecule is CC1(N)CCN(c2ccc(Cl)nn2)C1. The van der Waals surface area contributed by atoms with Gasteiger partial charge in [-0.25, -0.2) is 0 Å². The van der Waals surface area contributed by atoms with Gasteiger partial charge in [-0.05, 0) is 25.5 Å². The highest BCUT2D eigenvalue weighted by Crippen LogP contribution is 2.22. The van der Waals surface area contributed by atoms with Crippen LogP contribution in [0, 0.1) is 0 Å². The average Bonchev–Trinajstić information content (AvgIpc) is 2.47. The molecule has 2 N–H and O–H groups in total. The molecule has 2 rings (SSSR count). The fourth-order valence-electron chi connectivity index (χ4n) is 1.66. The van der Waals surface area contributed by atoms with Crippen molar-refractivity contribution in [3.8, 4) is 0 Å². The van der Waals surface area contributed by atoms with Gasteiger partial charge in [0, 0.05) is 18.6 Å². The summed E-state index contributed by atoms with van der Waals surface area (Å²) in [5, 5.41) is 8.24. The number of rotatable bonds is 1. The molecular formula is C9H13ClN4. The number of nitrogens with zero attached hydrogens (tertiary/aromatic N) is 3. The quantitative estimate of drug-likeness (QED) is 0.757. The summed E-state index contributed by atoms with van der Waals surface area (Å²) in [7, 11) is 0. The van der Waals surface area contributed by atoms with Gasteiger partial charge in [-0.3, -0.25) is 0 Å². The molecule has 1 fully saturated rings. The maximum atomic E-state index is 6.02. The van der Waals surface area contributed by atoms with Gasteiger partial charge in [0.1, 0.15) is 0 Å². The molecule has 14 heavy (non-hydrogen) atoms. The van der Waals surface area contributed by atoms with Crippen LogP contribution in [0.25, 0.3) is 0 Å².